The second-order valence-electron chi connectivity index (χ2n) is 13.8. The number of benzene rings is 4. The third-order valence-corrected chi connectivity index (χ3v) is 10.3. The summed E-state index contributed by atoms with van der Waals surface area (Å²) < 4.78 is 0. The second kappa shape index (κ2) is 12.0. The minimum absolute atomic E-state index is 0. The summed E-state index contributed by atoms with van der Waals surface area (Å²) in [5, 5.41) is 0. The van der Waals surface area contributed by atoms with Crippen LogP contribution in [0.25, 0.3) is 11.1 Å². The predicted molar refractivity (Wildman–Crippen MR) is 169 cm³/mol. The van der Waals surface area contributed by atoms with Gasteiger partial charge in [0.1, 0.15) is 0 Å². The summed E-state index contributed by atoms with van der Waals surface area (Å²) in [5.41, 5.74) is 14.3. The van der Waals surface area contributed by atoms with E-state index in [0.717, 1.165) is 6.42 Å². The van der Waals surface area contributed by atoms with Crippen LogP contribution in [0.1, 0.15) is 73.4 Å². The zero-order valence-corrected chi connectivity index (χ0v) is 30.0. The molecule has 0 aromatic heterocycles. The predicted octanol–water partition coefficient (Wildman–Crippen LogP) is 4.25. The van der Waals surface area contributed by atoms with Crippen molar-refractivity contribution in [3.63, 3.8) is 0 Å². The van der Waals surface area contributed by atoms with Gasteiger partial charge in [0.05, 0.1) is 0 Å². The summed E-state index contributed by atoms with van der Waals surface area (Å²) >= 11 is 0. The van der Waals surface area contributed by atoms with Gasteiger partial charge in [-0.05, 0) is 64.6 Å². The molecule has 0 aliphatic heterocycles. The molecule has 7 rings (SSSR count). The smallest absolute Gasteiger partial charge is 1.00 e. The van der Waals surface area contributed by atoms with Crippen molar-refractivity contribution < 1.29 is 51.0 Å². The molecular weight excluding hydrogens is 643 g/mol. The van der Waals surface area contributed by atoms with Crippen LogP contribution in [0.3, 0.4) is 0 Å². The Kier molecular flexibility index (Phi) is 9.38. The van der Waals surface area contributed by atoms with Gasteiger partial charge in [-0.2, -0.15) is 0 Å². The Hall–Kier alpha value is -2.18. The van der Waals surface area contributed by atoms with Crippen LogP contribution in [-0.4, -0.2) is 0 Å². The molecule has 0 saturated heterocycles. The molecule has 0 spiro atoms. The zero-order valence-electron chi connectivity index (χ0n) is 26.0. The number of rotatable bonds is 3. The minimum Gasteiger partial charge on any atom is -1.00 e. The Morgan fingerprint density at radius 1 is 0.651 bits per heavy atom. The Morgan fingerprint density at radius 2 is 1.12 bits per heavy atom. The van der Waals surface area contributed by atoms with E-state index in [2.05, 4.69) is 151 Å². The van der Waals surface area contributed by atoms with Crippen molar-refractivity contribution in [1.82, 2.24) is 0 Å². The van der Waals surface area contributed by atoms with Crippen LogP contribution in [0.15, 0.2) is 120 Å². The summed E-state index contributed by atoms with van der Waals surface area (Å²) in [6.07, 6.45) is 6.33. The summed E-state index contributed by atoms with van der Waals surface area (Å²) in [7, 11) is 0. The monoisotopic (exact) mass is 680 g/mol. The Morgan fingerprint density at radius 3 is 1.60 bits per heavy atom. The molecule has 0 amide bonds. The first-order chi connectivity index (χ1) is 19.1. The van der Waals surface area contributed by atoms with Gasteiger partial charge in [-0.15, -0.1) is 0 Å². The van der Waals surface area contributed by atoms with Crippen molar-refractivity contribution >= 4 is 0 Å². The molecule has 218 valence electrons. The van der Waals surface area contributed by atoms with Gasteiger partial charge in [-0.1, -0.05) is 154 Å². The van der Waals surface area contributed by atoms with E-state index < -0.39 is 0 Å². The van der Waals surface area contributed by atoms with Crippen molar-refractivity contribution in [3.05, 3.63) is 154 Å². The number of fused-ring (bicyclic) bond motifs is 4. The van der Waals surface area contributed by atoms with Crippen molar-refractivity contribution in [2.75, 3.05) is 0 Å². The Bertz CT molecular complexity index is 1640. The second-order valence-corrected chi connectivity index (χ2v) is 13.8. The molecule has 43 heavy (non-hydrogen) atoms. The van der Waals surface area contributed by atoms with Gasteiger partial charge in [0.2, 0.25) is 0 Å². The van der Waals surface area contributed by atoms with E-state index in [1.807, 2.05) is 0 Å². The molecule has 0 nitrogen and oxygen atoms in total. The normalized spacial score (nSPS) is 23.5. The number of halogens is 2. The number of allylic oxidation sites excluding steroid dienone is 4. The molecule has 0 bridgehead atoms. The van der Waals surface area contributed by atoms with Crippen molar-refractivity contribution in [1.29, 1.82) is 0 Å². The quantitative estimate of drug-likeness (QED) is 0.304. The van der Waals surface area contributed by atoms with Crippen molar-refractivity contribution in [2.45, 2.75) is 64.7 Å². The molecule has 3 unspecified atom stereocenters. The van der Waals surface area contributed by atoms with Crippen LogP contribution < -0.4 is 24.8 Å². The van der Waals surface area contributed by atoms with E-state index in [9.17, 15) is 0 Å². The Balaban J connectivity index is 0.00000141. The van der Waals surface area contributed by atoms with Crippen LogP contribution in [0, 0.1) is 25.2 Å². The van der Waals surface area contributed by atoms with E-state index in [1.165, 1.54) is 50.1 Å². The van der Waals surface area contributed by atoms with Crippen LogP contribution in [0.5, 0.6) is 0 Å². The average Bonchev–Trinajstić information content (AvgIpc) is 3.60. The molecule has 3 atom stereocenters. The van der Waals surface area contributed by atoms with Crippen LogP contribution in [0.4, 0.5) is 0 Å². The molecule has 4 aromatic rings. The molecule has 1 fully saturated rings. The van der Waals surface area contributed by atoms with Crippen molar-refractivity contribution in [3.8, 4) is 11.1 Å². The molecule has 3 aliphatic rings. The van der Waals surface area contributed by atoms with Gasteiger partial charge in [-0.3, -0.25) is 0 Å². The summed E-state index contributed by atoms with van der Waals surface area (Å²) in [4.78, 5) is 0. The number of hydrogen-bond acceptors (Lipinski definition) is 0. The fraction of sp³-hybridized carbons (Fsp3) is 0.300. The first-order valence-electron chi connectivity index (χ1n) is 14.9. The standard InChI is InChI=1S/C40H40.2ClH.Zr/c1-26-15-19-28(20-16-26)39(6)25-40(29-21-17-27(2)18-22-29,36-24-30(23-35(36)39)38(3,4)5)37-33-13-9-7-11-31(33)32-12-8-10-14-34(32)37;;;/h7-24,36-37H,25H2,1-6H3;2*1H;/q;;;+2/p-2. The average molecular weight is 683 g/mol. The number of aryl methyl sites for hydroxylation is 2. The summed E-state index contributed by atoms with van der Waals surface area (Å²) in [6.45, 7) is 14.0. The van der Waals surface area contributed by atoms with Crippen LogP contribution in [0.2, 0.25) is 0 Å². The summed E-state index contributed by atoms with van der Waals surface area (Å²) in [6, 6.07) is 37.3. The first-order valence-corrected chi connectivity index (χ1v) is 14.9. The molecule has 4 aromatic carbocycles. The summed E-state index contributed by atoms with van der Waals surface area (Å²) in [5.74, 6) is 0.596. The largest absolute Gasteiger partial charge is 2.00 e. The first kappa shape index (κ1) is 33.7. The molecule has 1 saturated carbocycles. The minimum atomic E-state index is -0.116. The molecule has 0 radical (unpaired) electrons. The fourth-order valence-corrected chi connectivity index (χ4v) is 8.26. The third-order valence-electron chi connectivity index (χ3n) is 10.3. The zero-order chi connectivity index (χ0) is 27.9. The SMILES string of the molecule is Cc1ccc(C2(C)CC(c3ccc(C)cc3)(C3c4ccccc4-c4ccccc43)C3C=C(C(C)(C)C)C=C32)cc1.[Cl-].[Cl-].[Zr+2]. The molecule has 3 heteroatoms. The van der Waals surface area contributed by atoms with E-state index in [1.54, 1.807) is 5.57 Å². The fourth-order valence-electron chi connectivity index (χ4n) is 8.26. The van der Waals surface area contributed by atoms with Crippen LogP contribution >= 0.6 is 0 Å². The Labute approximate surface area is 290 Å². The molecule has 0 N–H and O–H groups in total. The van der Waals surface area contributed by atoms with Gasteiger partial charge >= 0.3 is 26.2 Å². The van der Waals surface area contributed by atoms with E-state index in [4.69, 9.17) is 0 Å². The van der Waals surface area contributed by atoms with Gasteiger partial charge < -0.3 is 24.8 Å². The molecule has 0 heterocycles. The van der Waals surface area contributed by atoms with Crippen LogP contribution in [-0.2, 0) is 37.0 Å². The van der Waals surface area contributed by atoms with Crippen molar-refractivity contribution in [2.24, 2.45) is 11.3 Å². The van der Waals surface area contributed by atoms with Gasteiger partial charge in [0, 0.05) is 22.7 Å². The maximum atomic E-state index is 2.66. The molecule has 3 aliphatic carbocycles. The van der Waals surface area contributed by atoms with Gasteiger partial charge in [0.15, 0.2) is 0 Å². The van der Waals surface area contributed by atoms with E-state index in [-0.39, 0.29) is 73.2 Å². The van der Waals surface area contributed by atoms with Gasteiger partial charge in [-0.25, -0.2) is 0 Å². The number of hydrogen-bond donors (Lipinski definition) is 0. The van der Waals surface area contributed by atoms with E-state index in [0.29, 0.717) is 5.92 Å². The maximum absolute atomic E-state index is 2.66. The third kappa shape index (κ3) is 5.09. The maximum Gasteiger partial charge on any atom is 2.00 e. The van der Waals surface area contributed by atoms with E-state index >= 15 is 0 Å². The van der Waals surface area contributed by atoms with Gasteiger partial charge in [0.25, 0.3) is 0 Å². The topological polar surface area (TPSA) is 0 Å². The molecular formula is C40H40Cl2Zr.